The molecular formula is C18H26O. The highest BCUT2D eigenvalue weighted by Crippen LogP contribution is 2.25. The number of ketones is 1. The van der Waals surface area contributed by atoms with Gasteiger partial charge in [0, 0.05) is 24.7 Å². The van der Waals surface area contributed by atoms with Gasteiger partial charge in [0.25, 0.3) is 0 Å². The minimum absolute atomic E-state index is 0.0442. The van der Waals surface area contributed by atoms with Gasteiger partial charge in [-0.2, -0.15) is 0 Å². The lowest BCUT2D eigenvalue weighted by Crippen LogP contribution is -2.24. The van der Waals surface area contributed by atoms with E-state index in [1.807, 2.05) is 0 Å². The second kappa shape index (κ2) is 9.69. The van der Waals surface area contributed by atoms with Gasteiger partial charge in [0.05, 0.1) is 0 Å². The first-order chi connectivity index (χ1) is 9.29. The molecule has 0 aliphatic heterocycles. The molecule has 19 heavy (non-hydrogen) atoms. The molecule has 0 heterocycles. The molecule has 0 aromatic carbocycles. The molecule has 1 rings (SSSR count). The number of rotatable bonds is 2. The minimum Gasteiger partial charge on any atom is -0.299 e. The number of carbonyl (C=O) groups excluding carboxylic acids is 1. The second-order valence-electron chi connectivity index (χ2n) is 5.66. The largest absolute Gasteiger partial charge is 0.299 e. The maximum atomic E-state index is 12.6. The van der Waals surface area contributed by atoms with Crippen molar-refractivity contribution in [3.05, 3.63) is 0 Å². The van der Waals surface area contributed by atoms with Gasteiger partial charge in [-0.15, -0.1) is 24.7 Å². The molecule has 0 N–H and O–H groups in total. The van der Waals surface area contributed by atoms with E-state index in [9.17, 15) is 4.79 Å². The molecule has 1 aliphatic carbocycles. The monoisotopic (exact) mass is 258 g/mol. The van der Waals surface area contributed by atoms with Crippen LogP contribution in [0.1, 0.15) is 70.6 Å². The van der Waals surface area contributed by atoms with Crippen molar-refractivity contribution in [3.8, 4) is 24.7 Å². The molecule has 0 aromatic rings. The Morgan fingerprint density at radius 1 is 0.789 bits per heavy atom. The summed E-state index contributed by atoms with van der Waals surface area (Å²) in [6.45, 7) is 0. The Balaban J connectivity index is 2.68. The quantitative estimate of drug-likeness (QED) is 0.673. The van der Waals surface area contributed by atoms with E-state index in [2.05, 4.69) is 11.8 Å². The number of Topliss-reactive ketones (excluding diaryl/α,β-unsaturated/α-hetero) is 1. The fraction of sp³-hybridized carbons (Fsp3) is 0.722. The smallest absolute Gasteiger partial charge is 0.140 e. The molecule has 0 radical (unpaired) electrons. The number of carbonyl (C=O) groups is 1. The van der Waals surface area contributed by atoms with E-state index in [0.29, 0.717) is 18.6 Å². The van der Waals surface area contributed by atoms with E-state index < -0.39 is 0 Å². The zero-order valence-corrected chi connectivity index (χ0v) is 12.0. The zero-order chi connectivity index (χ0) is 13.9. The number of hydrogen-bond acceptors (Lipinski definition) is 1. The Bertz CT molecular complexity index is 310. The highest BCUT2D eigenvalue weighted by Gasteiger charge is 2.25. The molecule has 2 atom stereocenters. The van der Waals surface area contributed by atoms with Crippen molar-refractivity contribution >= 4 is 5.78 Å². The van der Waals surface area contributed by atoms with Gasteiger partial charge in [0.2, 0.25) is 0 Å². The van der Waals surface area contributed by atoms with Crippen LogP contribution in [0.2, 0.25) is 0 Å². The van der Waals surface area contributed by atoms with E-state index in [1.54, 1.807) is 0 Å². The third kappa shape index (κ3) is 5.98. The van der Waals surface area contributed by atoms with Gasteiger partial charge in [0.15, 0.2) is 0 Å². The molecule has 0 aromatic heterocycles. The van der Waals surface area contributed by atoms with E-state index in [1.165, 1.54) is 32.1 Å². The van der Waals surface area contributed by atoms with Crippen LogP contribution >= 0.6 is 0 Å². The number of hydrogen-bond donors (Lipinski definition) is 0. The summed E-state index contributed by atoms with van der Waals surface area (Å²) in [5, 5.41) is 0. The highest BCUT2D eigenvalue weighted by molar-refractivity contribution is 5.84. The van der Waals surface area contributed by atoms with Gasteiger partial charge >= 0.3 is 0 Å². The van der Waals surface area contributed by atoms with Gasteiger partial charge in [-0.3, -0.25) is 4.79 Å². The Hall–Kier alpha value is -1.21. The first kappa shape index (κ1) is 15.8. The van der Waals surface area contributed by atoms with E-state index >= 15 is 0 Å². The van der Waals surface area contributed by atoms with Gasteiger partial charge in [-0.1, -0.05) is 44.9 Å². The first-order valence-electron chi connectivity index (χ1n) is 7.70. The molecule has 1 nitrogen and oxygen atoms in total. The summed E-state index contributed by atoms with van der Waals surface area (Å²) in [6.07, 6.45) is 22.5. The Morgan fingerprint density at radius 2 is 1.16 bits per heavy atom. The van der Waals surface area contributed by atoms with E-state index in [0.717, 1.165) is 25.7 Å². The Morgan fingerprint density at radius 3 is 1.53 bits per heavy atom. The lowest BCUT2D eigenvalue weighted by atomic mass is 9.82. The van der Waals surface area contributed by atoms with Crippen LogP contribution in [0.5, 0.6) is 0 Å². The lowest BCUT2D eigenvalue weighted by Gasteiger charge is -2.20. The summed E-state index contributed by atoms with van der Waals surface area (Å²) in [5.74, 6) is 5.76. The highest BCUT2D eigenvalue weighted by atomic mass is 16.1. The predicted octanol–water partition coefficient (Wildman–Crippen LogP) is 4.36. The van der Waals surface area contributed by atoms with E-state index in [-0.39, 0.29) is 11.8 Å². The summed E-state index contributed by atoms with van der Waals surface area (Å²) < 4.78 is 0. The molecule has 104 valence electrons. The summed E-state index contributed by atoms with van der Waals surface area (Å²) in [4.78, 5) is 12.6. The molecule has 1 fully saturated rings. The third-order valence-electron chi connectivity index (χ3n) is 4.14. The molecule has 0 saturated heterocycles. The topological polar surface area (TPSA) is 17.1 Å². The van der Waals surface area contributed by atoms with Crippen molar-refractivity contribution in [3.63, 3.8) is 0 Å². The number of terminal acetylenes is 2. The molecule has 2 unspecified atom stereocenters. The van der Waals surface area contributed by atoms with Crippen molar-refractivity contribution < 1.29 is 4.79 Å². The van der Waals surface area contributed by atoms with Gasteiger partial charge in [0.1, 0.15) is 5.78 Å². The third-order valence-corrected chi connectivity index (χ3v) is 4.14. The molecule has 1 saturated carbocycles. The maximum Gasteiger partial charge on any atom is 0.140 e. The zero-order valence-electron chi connectivity index (χ0n) is 12.0. The SMILES string of the molecule is C#CCC1CCCCCCCCCC(CC#C)C1=O. The van der Waals surface area contributed by atoms with Crippen LogP contribution in [0.25, 0.3) is 0 Å². The predicted molar refractivity (Wildman–Crippen MR) is 80.4 cm³/mol. The lowest BCUT2D eigenvalue weighted by molar-refractivity contribution is -0.127. The van der Waals surface area contributed by atoms with Crippen molar-refractivity contribution in [2.75, 3.05) is 0 Å². The summed E-state index contributed by atoms with van der Waals surface area (Å²) in [6, 6.07) is 0. The van der Waals surface area contributed by atoms with Crippen LogP contribution in [-0.4, -0.2) is 5.78 Å². The van der Waals surface area contributed by atoms with Gasteiger partial charge < -0.3 is 0 Å². The molecule has 1 aliphatic rings. The standard InChI is InChI=1S/C18H26O/c1-3-12-16-14-10-8-6-5-7-9-11-15-17(13-4-2)18(16)19/h1-2,16-17H,5-15H2. The van der Waals surface area contributed by atoms with Crippen molar-refractivity contribution in [2.45, 2.75) is 70.6 Å². The van der Waals surface area contributed by atoms with Crippen LogP contribution in [0.3, 0.4) is 0 Å². The van der Waals surface area contributed by atoms with Crippen LogP contribution in [0.15, 0.2) is 0 Å². The molecule has 1 heteroatoms. The second-order valence-corrected chi connectivity index (χ2v) is 5.66. The first-order valence-corrected chi connectivity index (χ1v) is 7.70. The average molecular weight is 258 g/mol. The molecule has 0 bridgehead atoms. The van der Waals surface area contributed by atoms with Crippen molar-refractivity contribution in [1.82, 2.24) is 0 Å². The fourth-order valence-corrected chi connectivity index (χ4v) is 2.97. The minimum atomic E-state index is 0.0442. The van der Waals surface area contributed by atoms with Crippen LogP contribution in [0, 0.1) is 36.5 Å². The molecular weight excluding hydrogens is 232 g/mol. The Kier molecular flexibility index (Phi) is 8.08. The van der Waals surface area contributed by atoms with Crippen LogP contribution in [-0.2, 0) is 4.79 Å². The summed E-state index contributed by atoms with van der Waals surface area (Å²) in [5.41, 5.74) is 0. The summed E-state index contributed by atoms with van der Waals surface area (Å²) in [7, 11) is 0. The van der Waals surface area contributed by atoms with Gasteiger partial charge in [-0.05, 0) is 12.8 Å². The fourth-order valence-electron chi connectivity index (χ4n) is 2.97. The van der Waals surface area contributed by atoms with Crippen molar-refractivity contribution in [1.29, 1.82) is 0 Å². The van der Waals surface area contributed by atoms with Crippen molar-refractivity contribution in [2.24, 2.45) is 11.8 Å². The average Bonchev–Trinajstić information content (AvgIpc) is 2.41. The van der Waals surface area contributed by atoms with Crippen LogP contribution in [0.4, 0.5) is 0 Å². The molecule has 0 amide bonds. The normalized spacial score (nSPS) is 26.5. The summed E-state index contributed by atoms with van der Waals surface area (Å²) >= 11 is 0. The van der Waals surface area contributed by atoms with E-state index in [4.69, 9.17) is 12.8 Å². The maximum absolute atomic E-state index is 12.6. The van der Waals surface area contributed by atoms with Gasteiger partial charge in [-0.25, -0.2) is 0 Å². The molecule has 0 spiro atoms. The Labute approximate surface area is 118 Å². The van der Waals surface area contributed by atoms with Crippen LogP contribution < -0.4 is 0 Å².